The Kier molecular flexibility index (Phi) is 6.87. The molecule has 1 aromatic rings. The quantitative estimate of drug-likeness (QED) is 0.808. The molecule has 0 unspecified atom stereocenters. The van der Waals surface area contributed by atoms with Crippen molar-refractivity contribution in [1.82, 2.24) is 10.2 Å². The van der Waals surface area contributed by atoms with Crippen LogP contribution in [0.4, 0.5) is 4.79 Å². The molecule has 0 heterocycles. The number of nitrogens with one attached hydrogen (secondary N) is 1. The van der Waals surface area contributed by atoms with E-state index >= 15 is 0 Å². The van der Waals surface area contributed by atoms with E-state index in [4.69, 9.17) is 4.74 Å². The molecule has 1 amide bonds. The number of likely N-dealkylation sites (N-methyl/N-ethyl adjacent to an activating group) is 1. The minimum Gasteiger partial charge on any atom is -0.410 e. The molecule has 0 saturated carbocycles. The van der Waals surface area contributed by atoms with Gasteiger partial charge in [-0.15, -0.1) is 0 Å². The fourth-order valence-corrected chi connectivity index (χ4v) is 1.69. The van der Waals surface area contributed by atoms with Crippen LogP contribution in [0.15, 0.2) is 30.3 Å². The van der Waals surface area contributed by atoms with Crippen LogP contribution in [0.5, 0.6) is 5.75 Å². The number of benzene rings is 1. The highest BCUT2D eigenvalue weighted by atomic mass is 16.5. The molecule has 1 aromatic carbocycles. The summed E-state index contributed by atoms with van der Waals surface area (Å²) in [5, 5.41) is 2.75. The Hall–Kier alpha value is -1.55. The maximum absolute atomic E-state index is 11.5. The fourth-order valence-electron chi connectivity index (χ4n) is 1.69. The minimum atomic E-state index is -0.395. The molecule has 0 spiro atoms. The molecule has 0 radical (unpaired) electrons. The predicted molar refractivity (Wildman–Crippen MR) is 72.9 cm³/mol. The Morgan fingerprint density at radius 2 is 1.94 bits per heavy atom. The van der Waals surface area contributed by atoms with Crippen molar-refractivity contribution in [3.05, 3.63) is 30.3 Å². The third kappa shape index (κ3) is 5.68. The van der Waals surface area contributed by atoms with E-state index in [2.05, 4.69) is 24.1 Å². The van der Waals surface area contributed by atoms with Crippen LogP contribution < -0.4 is 10.1 Å². The van der Waals surface area contributed by atoms with Gasteiger partial charge in [0.1, 0.15) is 5.75 Å². The second-order valence-electron chi connectivity index (χ2n) is 4.06. The maximum Gasteiger partial charge on any atom is 0.412 e. The van der Waals surface area contributed by atoms with Crippen LogP contribution in [0, 0.1) is 0 Å². The first-order valence-electron chi connectivity index (χ1n) is 6.49. The molecular weight excluding hydrogens is 228 g/mol. The number of hydrogen-bond acceptors (Lipinski definition) is 3. The third-order valence-electron chi connectivity index (χ3n) is 2.64. The minimum absolute atomic E-state index is 0.395. The number of carbonyl (C=O) groups excluding carboxylic acids is 1. The average Bonchev–Trinajstić information content (AvgIpc) is 2.39. The van der Waals surface area contributed by atoms with Crippen molar-refractivity contribution < 1.29 is 9.53 Å². The van der Waals surface area contributed by atoms with Crippen LogP contribution >= 0.6 is 0 Å². The monoisotopic (exact) mass is 250 g/mol. The van der Waals surface area contributed by atoms with Crippen molar-refractivity contribution in [1.29, 1.82) is 0 Å². The maximum atomic E-state index is 11.5. The molecule has 0 aliphatic carbocycles. The SMILES string of the molecule is CCCN(CC)CCNC(=O)Oc1ccccc1. The molecule has 0 aliphatic rings. The van der Waals surface area contributed by atoms with Gasteiger partial charge in [-0.1, -0.05) is 32.0 Å². The lowest BCUT2D eigenvalue weighted by atomic mass is 10.3. The van der Waals surface area contributed by atoms with E-state index in [1.807, 2.05) is 18.2 Å². The summed E-state index contributed by atoms with van der Waals surface area (Å²) in [6.07, 6.45) is 0.733. The van der Waals surface area contributed by atoms with Crippen molar-refractivity contribution in [3.8, 4) is 5.75 Å². The van der Waals surface area contributed by atoms with Crippen LogP contribution in [0.25, 0.3) is 0 Å². The highest BCUT2D eigenvalue weighted by Crippen LogP contribution is 2.07. The van der Waals surface area contributed by atoms with Crippen molar-refractivity contribution in [2.45, 2.75) is 20.3 Å². The Labute approximate surface area is 109 Å². The topological polar surface area (TPSA) is 41.6 Å². The summed E-state index contributed by atoms with van der Waals surface area (Å²) < 4.78 is 5.12. The van der Waals surface area contributed by atoms with E-state index in [1.165, 1.54) is 0 Å². The van der Waals surface area contributed by atoms with Gasteiger partial charge >= 0.3 is 6.09 Å². The predicted octanol–water partition coefficient (Wildman–Crippen LogP) is 2.51. The van der Waals surface area contributed by atoms with Gasteiger partial charge < -0.3 is 15.0 Å². The molecule has 0 fully saturated rings. The Morgan fingerprint density at radius 3 is 2.56 bits per heavy atom. The molecule has 0 aromatic heterocycles. The van der Waals surface area contributed by atoms with E-state index in [0.717, 1.165) is 26.1 Å². The van der Waals surface area contributed by atoms with Gasteiger partial charge in [0, 0.05) is 13.1 Å². The summed E-state index contributed by atoms with van der Waals surface area (Å²) in [7, 11) is 0. The van der Waals surface area contributed by atoms with Gasteiger partial charge in [-0.2, -0.15) is 0 Å². The van der Waals surface area contributed by atoms with Gasteiger partial charge in [0.2, 0.25) is 0 Å². The highest BCUT2D eigenvalue weighted by molar-refractivity contribution is 5.70. The number of carbonyl (C=O) groups is 1. The second kappa shape index (κ2) is 8.53. The Morgan fingerprint density at radius 1 is 1.22 bits per heavy atom. The normalized spacial score (nSPS) is 10.4. The Bertz CT molecular complexity index is 341. The largest absolute Gasteiger partial charge is 0.412 e. The molecule has 0 aliphatic heterocycles. The number of amides is 1. The zero-order valence-corrected chi connectivity index (χ0v) is 11.2. The third-order valence-corrected chi connectivity index (χ3v) is 2.64. The van der Waals surface area contributed by atoms with Crippen LogP contribution in [0.3, 0.4) is 0 Å². The molecular formula is C14H22N2O2. The molecule has 18 heavy (non-hydrogen) atoms. The van der Waals surface area contributed by atoms with Gasteiger partial charge in [-0.3, -0.25) is 0 Å². The van der Waals surface area contributed by atoms with Crippen molar-refractivity contribution >= 4 is 6.09 Å². The van der Waals surface area contributed by atoms with E-state index in [0.29, 0.717) is 12.3 Å². The van der Waals surface area contributed by atoms with Gasteiger partial charge in [-0.05, 0) is 31.6 Å². The second-order valence-corrected chi connectivity index (χ2v) is 4.06. The van der Waals surface area contributed by atoms with Gasteiger partial charge in [0.05, 0.1) is 0 Å². The standard InChI is InChI=1S/C14H22N2O2/c1-3-11-16(4-2)12-10-15-14(17)18-13-8-6-5-7-9-13/h5-9H,3-4,10-12H2,1-2H3,(H,15,17). The first kappa shape index (κ1) is 14.5. The number of nitrogens with zero attached hydrogens (tertiary/aromatic N) is 1. The summed E-state index contributed by atoms with van der Waals surface area (Å²) >= 11 is 0. The highest BCUT2D eigenvalue weighted by Gasteiger charge is 2.04. The lowest BCUT2D eigenvalue weighted by Gasteiger charge is -2.19. The summed E-state index contributed by atoms with van der Waals surface area (Å²) in [6, 6.07) is 9.07. The molecule has 0 atom stereocenters. The van der Waals surface area contributed by atoms with E-state index in [9.17, 15) is 4.79 Å². The van der Waals surface area contributed by atoms with E-state index < -0.39 is 6.09 Å². The lowest BCUT2D eigenvalue weighted by molar-refractivity contribution is 0.197. The lowest BCUT2D eigenvalue weighted by Crippen LogP contribution is -2.36. The molecule has 100 valence electrons. The van der Waals surface area contributed by atoms with Crippen molar-refractivity contribution in [2.24, 2.45) is 0 Å². The number of ether oxygens (including phenoxy) is 1. The van der Waals surface area contributed by atoms with Crippen molar-refractivity contribution in [3.63, 3.8) is 0 Å². The molecule has 0 bridgehead atoms. The molecule has 4 heteroatoms. The van der Waals surface area contributed by atoms with Crippen LogP contribution in [0.2, 0.25) is 0 Å². The van der Waals surface area contributed by atoms with Crippen LogP contribution in [0.1, 0.15) is 20.3 Å². The molecule has 1 N–H and O–H groups in total. The fraction of sp³-hybridized carbons (Fsp3) is 0.500. The average molecular weight is 250 g/mol. The smallest absolute Gasteiger partial charge is 0.410 e. The summed E-state index contributed by atoms with van der Waals surface area (Å²) in [5.41, 5.74) is 0. The first-order valence-corrected chi connectivity index (χ1v) is 6.49. The summed E-state index contributed by atoms with van der Waals surface area (Å²) in [4.78, 5) is 13.8. The van der Waals surface area contributed by atoms with Gasteiger partial charge in [0.15, 0.2) is 0 Å². The van der Waals surface area contributed by atoms with E-state index in [-0.39, 0.29) is 0 Å². The van der Waals surface area contributed by atoms with Gasteiger partial charge in [-0.25, -0.2) is 4.79 Å². The molecule has 4 nitrogen and oxygen atoms in total. The first-order chi connectivity index (χ1) is 8.76. The number of hydrogen-bond donors (Lipinski definition) is 1. The van der Waals surface area contributed by atoms with Crippen molar-refractivity contribution in [2.75, 3.05) is 26.2 Å². The van der Waals surface area contributed by atoms with Gasteiger partial charge in [0.25, 0.3) is 0 Å². The number of para-hydroxylation sites is 1. The van der Waals surface area contributed by atoms with E-state index in [1.54, 1.807) is 12.1 Å². The summed E-state index contributed by atoms with van der Waals surface area (Å²) in [6.45, 7) is 7.81. The number of rotatable bonds is 7. The van der Waals surface area contributed by atoms with Crippen LogP contribution in [-0.2, 0) is 0 Å². The van der Waals surface area contributed by atoms with Crippen LogP contribution in [-0.4, -0.2) is 37.2 Å². The summed E-state index contributed by atoms with van der Waals surface area (Å²) in [5.74, 6) is 0.566. The Balaban J connectivity index is 2.21. The molecule has 1 rings (SSSR count). The zero-order valence-electron chi connectivity index (χ0n) is 11.2. The zero-order chi connectivity index (χ0) is 13.2. The molecule has 0 saturated heterocycles.